The highest BCUT2D eigenvalue weighted by atomic mass is 79.9. The topological polar surface area (TPSA) is 109 Å². The van der Waals surface area contributed by atoms with Gasteiger partial charge >= 0.3 is 6.03 Å². The molecule has 1 aliphatic carbocycles. The number of rotatable bonds is 6. The lowest BCUT2D eigenvalue weighted by atomic mass is 9.98. The number of carbonyl (C=O) groups excluding carboxylic acids is 3. The number of anilines is 1. The maximum absolute atomic E-state index is 12.6. The van der Waals surface area contributed by atoms with Crippen LogP contribution in [0.1, 0.15) is 37.7 Å². The largest absolute Gasteiger partial charge is 0.325 e. The van der Waals surface area contributed by atoms with E-state index >= 15 is 0 Å². The monoisotopic (exact) mass is 460 g/mol. The van der Waals surface area contributed by atoms with Gasteiger partial charge in [-0.05, 0) is 30.5 Å². The van der Waals surface area contributed by atoms with E-state index in [0.29, 0.717) is 19.4 Å². The summed E-state index contributed by atoms with van der Waals surface area (Å²) in [6, 6.07) is 7.42. The van der Waals surface area contributed by atoms with Gasteiger partial charge in [0.2, 0.25) is 11.9 Å². The van der Waals surface area contributed by atoms with Crippen molar-refractivity contribution in [1.29, 1.82) is 0 Å². The quantitative estimate of drug-likeness (QED) is 0.642. The molecule has 2 heterocycles. The average Bonchev–Trinajstić information content (AvgIpc) is 3.38. The molecule has 0 bridgehead atoms. The number of nitrogens with zero attached hydrogens (tertiary/aromatic N) is 4. The van der Waals surface area contributed by atoms with Crippen molar-refractivity contribution < 1.29 is 14.4 Å². The van der Waals surface area contributed by atoms with E-state index in [0.717, 1.165) is 27.8 Å². The molecule has 1 aromatic carbocycles. The van der Waals surface area contributed by atoms with Crippen molar-refractivity contribution in [2.45, 2.75) is 44.2 Å². The summed E-state index contributed by atoms with van der Waals surface area (Å²) in [5.74, 6) is -0.374. The summed E-state index contributed by atoms with van der Waals surface area (Å²) in [4.78, 5) is 42.2. The van der Waals surface area contributed by atoms with Crippen LogP contribution in [0, 0.1) is 0 Å². The molecule has 2 aromatic rings. The molecule has 2 N–H and O–H groups in total. The number of aromatic nitrogens is 3. The molecule has 1 aromatic heterocycles. The Hall–Kier alpha value is -2.75. The van der Waals surface area contributed by atoms with Crippen molar-refractivity contribution in [2.75, 3.05) is 11.9 Å². The van der Waals surface area contributed by atoms with Crippen LogP contribution in [0.3, 0.4) is 0 Å². The van der Waals surface area contributed by atoms with Crippen LogP contribution in [0.5, 0.6) is 0 Å². The van der Waals surface area contributed by atoms with E-state index < -0.39 is 11.6 Å². The van der Waals surface area contributed by atoms with Gasteiger partial charge < -0.3 is 5.32 Å². The number of urea groups is 1. The van der Waals surface area contributed by atoms with Gasteiger partial charge in [0, 0.05) is 17.4 Å². The zero-order valence-electron chi connectivity index (χ0n) is 15.7. The van der Waals surface area contributed by atoms with E-state index in [1.54, 1.807) is 11.0 Å². The van der Waals surface area contributed by atoms with Crippen LogP contribution in [-0.2, 0) is 16.1 Å². The third-order valence-electron chi connectivity index (χ3n) is 5.31. The van der Waals surface area contributed by atoms with Crippen molar-refractivity contribution >= 4 is 39.7 Å². The Bertz CT molecular complexity index is 936. The molecule has 2 fully saturated rings. The summed E-state index contributed by atoms with van der Waals surface area (Å²) in [6.07, 6.45) is 4.72. The van der Waals surface area contributed by atoms with E-state index in [2.05, 4.69) is 36.6 Å². The molecular weight excluding hydrogens is 440 g/mol. The summed E-state index contributed by atoms with van der Waals surface area (Å²) in [5.41, 5.74) is 0.302. The minimum absolute atomic E-state index is 0.00348. The van der Waals surface area contributed by atoms with Crippen molar-refractivity contribution in [2.24, 2.45) is 0 Å². The predicted octanol–water partition coefficient (Wildman–Crippen LogP) is 2.28. The van der Waals surface area contributed by atoms with E-state index in [-0.39, 0.29) is 30.7 Å². The lowest BCUT2D eigenvalue weighted by Gasteiger charge is -2.19. The van der Waals surface area contributed by atoms with Crippen LogP contribution in [0.15, 0.2) is 35.1 Å². The number of halogens is 1. The molecule has 1 saturated heterocycles. The van der Waals surface area contributed by atoms with Crippen LogP contribution >= 0.6 is 15.9 Å². The molecule has 1 saturated carbocycles. The van der Waals surface area contributed by atoms with Gasteiger partial charge in [0.05, 0.1) is 6.54 Å². The van der Waals surface area contributed by atoms with Gasteiger partial charge in [-0.2, -0.15) is 0 Å². The summed E-state index contributed by atoms with van der Waals surface area (Å²) in [7, 11) is 0. The number of imide groups is 1. The molecule has 1 spiro atoms. The molecule has 0 radical (unpaired) electrons. The van der Waals surface area contributed by atoms with Crippen LogP contribution < -0.4 is 10.6 Å². The van der Waals surface area contributed by atoms with Gasteiger partial charge in [-0.3, -0.25) is 19.8 Å². The molecular formula is C19H21BrN6O3. The molecule has 4 rings (SSSR count). The van der Waals surface area contributed by atoms with Crippen molar-refractivity contribution in [3.05, 3.63) is 40.6 Å². The normalized spacial score (nSPS) is 17.8. The first kappa shape index (κ1) is 19.6. The maximum Gasteiger partial charge on any atom is 0.325 e. The van der Waals surface area contributed by atoms with E-state index in [1.807, 2.05) is 24.3 Å². The number of benzene rings is 1. The Labute approximate surface area is 176 Å². The highest BCUT2D eigenvalue weighted by Crippen LogP contribution is 2.35. The highest BCUT2D eigenvalue weighted by molar-refractivity contribution is 9.10. The fourth-order valence-corrected chi connectivity index (χ4v) is 4.07. The Morgan fingerprint density at radius 2 is 1.93 bits per heavy atom. The number of amides is 4. The lowest BCUT2D eigenvalue weighted by molar-refractivity contribution is -0.131. The van der Waals surface area contributed by atoms with E-state index in [4.69, 9.17) is 0 Å². The third kappa shape index (κ3) is 4.16. The van der Waals surface area contributed by atoms with Crippen LogP contribution in [0.4, 0.5) is 10.7 Å². The second-order valence-corrected chi connectivity index (χ2v) is 8.28. The molecule has 10 heteroatoms. The molecule has 2 aliphatic rings. The minimum atomic E-state index is -0.749. The summed E-state index contributed by atoms with van der Waals surface area (Å²) < 4.78 is 2.62. The number of carbonyl (C=O) groups is 3. The first-order valence-electron chi connectivity index (χ1n) is 9.53. The minimum Gasteiger partial charge on any atom is -0.323 e. The van der Waals surface area contributed by atoms with Crippen LogP contribution in [-0.4, -0.2) is 49.6 Å². The lowest BCUT2D eigenvalue weighted by Crippen LogP contribution is -2.44. The fourth-order valence-electron chi connectivity index (χ4n) is 3.80. The summed E-state index contributed by atoms with van der Waals surface area (Å²) >= 11 is 3.39. The zero-order chi connectivity index (χ0) is 20.4. The molecule has 9 nitrogen and oxygen atoms in total. The Morgan fingerprint density at radius 3 is 2.66 bits per heavy atom. The highest BCUT2D eigenvalue weighted by Gasteiger charge is 2.52. The van der Waals surface area contributed by atoms with Crippen LogP contribution in [0.25, 0.3) is 0 Å². The number of nitrogens with one attached hydrogen (secondary N) is 2. The van der Waals surface area contributed by atoms with Gasteiger partial charge in [0.1, 0.15) is 11.9 Å². The van der Waals surface area contributed by atoms with Crippen LogP contribution in [0.2, 0.25) is 0 Å². The first-order chi connectivity index (χ1) is 13.9. The standard InChI is InChI=1S/C19H21BrN6O3/c20-14-5-3-13(4-6-14)11-25-12-21-17(24-25)22-15(27)7-10-26-16(28)19(23-18(26)29)8-1-2-9-19/h3-6,12H,1-2,7-11H2,(H,23,29)(H,22,24,27). The first-order valence-corrected chi connectivity index (χ1v) is 10.3. The van der Waals surface area contributed by atoms with E-state index in [1.165, 1.54) is 0 Å². The molecule has 152 valence electrons. The molecule has 4 amide bonds. The smallest absolute Gasteiger partial charge is 0.323 e. The van der Waals surface area contributed by atoms with Gasteiger partial charge in [-0.25, -0.2) is 14.5 Å². The van der Waals surface area contributed by atoms with Gasteiger partial charge in [0.25, 0.3) is 5.91 Å². The van der Waals surface area contributed by atoms with Crippen molar-refractivity contribution in [3.63, 3.8) is 0 Å². The Kier molecular flexibility index (Phi) is 5.35. The number of hydrogen-bond acceptors (Lipinski definition) is 5. The van der Waals surface area contributed by atoms with Gasteiger partial charge in [-0.15, -0.1) is 5.10 Å². The maximum atomic E-state index is 12.6. The molecule has 0 unspecified atom stereocenters. The number of hydrogen-bond donors (Lipinski definition) is 2. The Morgan fingerprint density at radius 1 is 1.21 bits per heavy atom. The second kappa shape index (κ2) is 7.94. The molecule has 1 aliphatic heterocycles. The van der Waals surface area contributed by atoms with Gasteiger partial charge in [-0.1, -0.05) is 40.9 Å². The SMILES string of the molecule is O=C(CCN1C(=O)NC2(CCCC2)C1=O)Nc1ncn(Cc2ccc(Br)cc2)n1. The summed E-state index contributed by atoms with van der Waals surface area (Å²) in [6.45, 7) is 0.568. The predicted molar refractivity (Wildman–Crippen MR) is 108 cm³/mol. The molecule has 29 heavy (non-hydrogen) atoms. The third-order valence-corrected chi connectivity index (χ3v) is 5.84. The fraction of sp³-hybridized carbons (Fsp3) is 0.421. The summed E-state index contributed by atoms with van der Waals surface area (Å²) in [5, 5.41) is 9.66. The van der Waals surface area contributed by atoms with Crippen molar-refractivity contribution in [3.8, 4) is 0 Å². The molecule has 0 atom stereocenters. The second-order valence-electron chi connectivity index (χ2n) is 7.37. The Balaban J connectivity index is 1.29. The average molecular weight is 461 g/mol. The van der Waals surface area contributed by atoms with E-state index in [9.17, 15) is 14.4 Å². The van der Waals surface area contributed by atoms with Crippen molar-refractivity contribution in [1.82, 2.24) is 25.0 Å². The zero-order valence-corrected chi connectivity index (χ0v) is 17.3. The van der Waals surface area contributed by atoms with Gasteiger partial charge in [0.15, 0.2) is 0 Å².